The zero-order valence-electron chi connectivity index (χ0n) is 34.4. The molecule has 0 aromatic heterocycles. The molecule has 0 rings (SSSR count). The summed E-state index contributed by atoms with van der Waals surface area (Å²) in [5.41, 5.74) is 5.35. The number of nitrogens with two attached hydrogens (primary N) is 1. The molecule has 10 heteroatoms. The second-order valence-electron chi connectivity index (χ2n) is 15.0. The van der Waals surface area contributed by atoms with Crippen LogP contribution in [0.3, 0.4) is 0 Å². The number of carbonyl (C=O) groups is 2. The standard InChI is InChI=1S/C43H84NO8P/c1-3-5-7-9-11-13-15-17-19-20-22-23-25-27-29-31-33-35-42(45)49-39-41(40-51-53(47,48)50-38-37-44)52-43(46)36-34-32-30-28-26-24-21-18-16-14-12-10-8-6-4-2/h4,41H,2-3,5-40,44H2,1H3,(H,47,48)/t41-/m1/s1. The van der Waals surface area contributed by atoms with Crippen molar-refractivity contribution >= 4 is 19.8 Å². The minimum Gasteiger partial charge on any atom is -0.462 e. The smallest absolute Gasteiger partial charge is 0.462 e. The van der Waals surface area contributed by atoms with Crippen LogP contribution in [-0.2, 0) is 32.7 Å². The van der Waals surface area contributed by atoms with Gasteiger partial charge in [-0.2, -0.15) is 0 Å². The van der Waals surface area contributed by atoms with E-state index in [1.54, 1.807) is 0 Å². The van der Waals surface area contributed by atoms with Gasteiger partial charge in [0.1, 0.15) is 6.61 Å². The lowest BCUT2D eigenvalue weighted by Gasteiger charge is -2.19. The van der Waals surface area contributed by atoms with E-state index in [1.807, 2.05) is 6.08 Å². The molecule has 0 aliphatic rings. The van der Waals surface area contributed by atoms with Crippen molar-refractivity contribution in [3.63, 3.8) is 0 Å². The monoisotopic (exact) mass is 774 g/mol. The zero-order valence-corrected chi connectivity index (χ0v) is 35.2. The van der Waals surface area contributed by atoms with Crippen molar-refractivity contribution in [3.05, 3.63) is 12.7 Å². The van der Waals surface area contributed by atoms with Crippen LogP contribution >= 0.6 is 7.82 Å². The van der Waals surface area contributed by atoms with Crippen LogP contribution in [0.25, 0.3) is 0 Å². The second-order valence-corrected chi connectivity index (χ2v) is 16.5. The Morgan fingerprint density at radius 3 is 1.36 bits per heavy atom. The van der Waals surface area contributed by atoms with Crippen LogP contribution in [-0.4, -0.2) is 49.3 Å². The fraction of sp³-hybridized carbons (Fsp3) is 0.907. The Morgan fingerprint density at radius 1 is 0.585 bits per heavy atom. The summed E-state index contributed by atoms with van der Waals surface area (Å²) in [6.07, 6.45) is 39.9. The summed E-state index contributed by atoms with van der Waals surface area (Å²) in [5, 5.41) is 0. The van der Waals surface area contributed by atoms with E-state index < -0.39 is 26.5 Å². The van der Waals surface area contributed by atoms with Crippen LogP contribution in [0, 0.1) is 0 Å². The first-order valence-corrected chi connectivity index (χ1v) is 23.6. The van der Waals surface area contributed by atoms with Gasteiger partial charge in [0.25, 0.3) is 0 Å². The minimum atomic E-state index is -4.37. The molecule has 3 N–H and O–H groups in total. The molecule has 0 aliphatic heterocycles. The van der Waals surface area contributed by atoms with E-state index in [0.717, 1.165) is 44.9 Å². The Kier molecular flexibility index (Phi) is 39.5. The Balaban J connectivity index is 4.08. The van der Waals surface area contributed by atoms with Gasteiger partial charge in [-0.25, -0.2) is 4.57 Å². The van der Waals surface area contributed by atoms with Crippen LogP contribution < -0.4 is 5.73 Å². The molecule has 0 heterocycles. The fourth-order valence-corrected chi connectivity index (χ4v) is 7.26. The summed E-state index contributed by atoms with van der Waals surface area (Å²) in [4.78, 5) is 34.9. The van der Waals surface area contributed by atoms with Crippen molar-refractivity contribution in [3.8, 4) is 0 Å². The van der Waals surface area contributed by atoms with Gasteiger partial charge in [0.05, 0.1) is 13.2 Å². The summed E-state index contributed by atoms with van der Waals surface area (Å²) < 4.78 is 32.8. The van der Waals surface area contributed by atoms with Crippen molar-refractivity contribution in [2.75, 3.05) is 26.4 Å². The number of hydrogen-bond acceptors (Lipinski definition) is 8. The normalized spacial score (nSPS) is 13.1. The molecule has 0 bridgehead atoms. The number of hydrogen-bond donors (Lipinski definition) is 2. The van der Waals surface area contributed by atoms with Gasteiger partial charge in [0, 0.05) is 19.4 Å². The quantitative estimate of drug-likeness (QED) is 0.0269. The highest BCUT2D eigenvalue weighted by atomic mass is 31.2. The van der Waals surface area contributed by atoms with Gasteiger partial charge in [0.15, 0.2) is 6.10 Å². The third-order valence-corrected chi connectivity index (χ3v) is 10.8. The lowest BCUT2D eigenvalue weighted by atomic mass is 10.0. The molecular weight excluding hydrogens is 689 g/mol. The first kappa shape index (κ1) is 51.8. The Labute approximate surface area is 326 Å². The van der Waals surface area contributed by atoms with Gasteiger partial charge >= 0.3 is 19.8 Å². The molecule has 0 aliphatic carbocycles. The summed E-state index contributed by atoms with van der Waals surface area (Å²) >= 11 is 0. The van der Waals surface area contributed by atoms with Gasteiger partial charge in [-0.1, -0.05) is 186 Å². The Bertz CT molecular complexity index is 873. The van der Waals surface area contributed by atoms with Crippen LogP contribution in [0.5, 0.6) is 0 Å². The molecule has 314 valence electrons. The van der Waals surface area contributed by atoms with Crippen molar-refractivity contribution in [1.29, 1.82) is 0 Å². The van der Waals surface area contributed by atoms with Gasteiger partial charge in [-0.05, 0) is 25.7 Å². The van der Waals surface area contributed by atoms with E-state index in [-0.39, 0.29) is 38.6 Å². The van der Waals surface area contributed by atoms with Gasteiger partial charge < -0.3 is 20.1 Å². The lowest BCUT2D eigenvalue weighted by Crippen LogP contribution is -2.29. The van der Waals surface area contributed by atoms with Crippen molar-refractivity contribution in [1.82, 2.24) is 0 Å². The van der Waals surface area contributed by atoms with Crippen molar-refractivity contribution < 1.29 is 37.6 Å². The van der Waals surface area contributed by atoms with E-state index in [1.165, 1.54) is 148 Å². The molecule has 1 unspecified atom stereocenters. The summed E-state index contributed by atoms with van der Waals surface area (Å²) in [7, 11) is -4.37. The highest BCUT2D eigenvalue weighted by molar-refractivity contribution is 7.47. The molecule has 0 fully saturated rings. The molecule has 53 heavy (non-hydrogen) atoms. The number of allylic oxidation sites excluding steroid dienone is 1. The molecule has 0 spiro atoms. The van der Waals surface area contributed by atoms with Gasteiger partial charge in [0.2, 0.25) is 0 Å². The van der Waals surface area contributed by atoms with Crippen LogP contribution in [0.4, 0.5) is 0 Å². The SMILES string of the molecule is C=CCCCCCCCCCCCCCCCC(=O)O[C@H](COC(=O)CCCCCCCCCCCCCCCCCCC)COP(=O)(O)OCCN. The van der Waals surface area contributed by atoms with Crippen LogP contribution in [0.15, 0.2) is 12.7 Å². The van der Waals surface area contributed by atoms with Gasteiger partial charge in [-0.3, -0.25) is 18.6 Å². The molecule has 0 aromatic rings. The molecule has 0 saturated heterocycles. The highest BCUT2D eigenvalue weighted by Gasteiger charge is 2.26. The number of esters is 2. The summed E-state index contributed by atoms with van der Waals surface area (Å²) in [5.74, 6) is -0.819. The minimum absolute atomic E-state index is 0.0558. The summed E-state index contributed by atoms with van der Waals surface area (Å²) in [6, 6.07) is 0. The number of phosphoric acid groups is 1. The van der Waals surface area contributed by atoms with E-state index in [4.69, 9.17) is 24.3 Å². The topological polar surface area (TPSA) is 134 Å². The van der Waals surface area contributed by atoms with Crippen LogP contribution in [0.1, 0.15) is 219 Å². The Hall–Kier alpha value is -1.25. The maximum absolute atomic E-state index is 12.6. The average molecular weight is 774 g/mol. The van der Waals surface area contributed by atoms with E-state index >= 15 is 0 Å². The fourth-order valence-electron chi connectivity index (χ4n) is 6.50. The van der Waals surface area contributed by atoms with Crippen LogP contribution in [0.2, 0.25) is 0 Å². The van der Waals surface area contributed by atoms with Crippen molar-refractivity contribution in [2.24, 2.45) is 5.73 Å². The predicted octanol–water partition coefficient (Wildman–Crippen LogP) is 12.6. The number of carbonyl (C=O) groups excluding carboxylic acids is 2. The van der Waals surface area contributed by atoms with E-state index in [2.05, 4.69) is 13.5 Å². The van der Waals surface area contributed by atoms with E-state index in [9.17, 15) is 19.0 Å². The second kappa shape index (κ2) is 40.4. The molecule has 0 radical (unpaired) electrons. The first-order chi connectivity index (χ1) is 25.8. The molecule has 0 aromatic carbocycles. The highest BCUT2D eigenvalue weighted by Crippen LogP contribution is 2.43. The van der Waals surface area contributed by atoms with Gasteiger partial charge in [-0.15, -0.1) is 6.58 Å². The maximum Gasteiger partial charge on any atom is 0.472 e. The number of rotatable bonds is 43. The number of phosphoric ester groups is 1. The van der Waals surface area contributed by atoms with Crippen molar-refractivity contribution in [2.45, 2.75) is 225 Å². The largest absolute Gasteiger partial charge is 0.472 e. The maximum atomic E-state index is 12.6. The third-order valence-electron chi connectivity index (χ3n) is 9.80. The van der Waals surface area contributed by atoms with E-state index in [0.29, 0.717) is 6.42 Å². The molecular formula is C43H84NO8P. The number of ether oxygens (including phenoxy) is 2. The predicted molar refractivity (Wildman–Crippen MR) is 220 cm³/mol. The average Bonchev–Trinajstić information content (AvgIpc) is 3.14. The lowest BCUT2D eigenvalue weighted by molar-refractivity contribution is -0.161. The zero-order chi connectivity index (χ0) is 38.9. The third kappa shape index (κ3) is 40.2. The molecule has 0 amide bonds. The first-order valence-electron chi connectivity index (χ1n) is 22.1. The number of unbranched alkanes of at least 4 members (excludes halogenated alkanes) is 29. The molecule has 0 saturated carbocycles. The summed E-state index contributed by atoms with van der Waals surface area (Å²) in [6.45, 7) is 5.28. The molecule has 9 nitrogen and oxygen atoms in total. The molecule has 2 atom stereocenters. The Morgan fingerprint density at radius 2 is 0.962 bits per heavy atom.